The van der Waals surface area contributed by atoms with Crippen molar-refractivity contribution in [1.82, 2.24) is 4.90 Å². The largest absolute Gasteiger partial charge is 0.491 e. The summed E-state index contributed by atoms with van der Waals surface area (Å²) >= 11 is 0. The molecule has 1 aliphatic heterocycles. The van der Waals surface area contributed by atoms with Crippen LogP contribution in [0, 0.1) is 6.92 Å². The highest BCUT2D eigenvalue weighted by Gasteiger charge is 2.28. The molecular weight excluding hydrogens is 232 g/mol. The molecule has 1 aromatic carbocycles. The molecule has 18 heavy (non-hydrogen) atoms. The maximum atomic E-state index is 11.4. The number of hydrogen-bond acceptors (Lipinski definition) is 4. The molecule has 5 heteroatoms. The van der Waals surface area contributed by atoms with Crippen molar-refractivity contribution in [2.45, 2.75) is 19.8 Å². The third kappa shape index (κ3) is 2.61. The number of nitrogens with two attached hydrogens (primary N) is 1. The third-order valence-electron chi connectivity index (χ3n) is 2.93. The standard InChI is InChI=1S/C13H16N2O3/c1-9-8-10(14)2-3-11(9)18-7-6-15-12(16)4-5-13(15)17/h2-3,8H,4-7,14H2,1H3. The molecular formula is C13H16N2O3. The lowest BCUT2D eigenvalue weighted by atomic mass is 10.2. The first-order valence-electron chi connectivity index (χ1n) is 5.90. The van der Waals surface area contributed by atoms with Gasteiger partial charge in [0.25, 0.3) is 0 Å². The predicted molar refractivity (Wildman–Crippen MR) is 67.0 cm³/mol. The minimum absolute atomic E-state index is 0.113. The Kier molecular flexibility index (Phi) is 3.50. The van der Waals surface area contributed by atoms with E-state index in [4.69, 9.17) is 10.5 Å². The van der Waals surface area contributed by atoms with E-state index in [0.717, 1.165) is 11.3 Å². The number of ether oxygens (including phenoxy) is 1. The number of nitrogen functional groups attached to an aromatic ring is 1. The van der Waals surface area contributed by atoms with E-state index < -0.39 is 0 Å². The van der Waals surface area contributed by atoms with Crippen molar-refractivity contribution in [2.24, 2.45) is 0 Å². The molecule has 1 aromatic rings. The van der Waals surface area contributed by atoms with Gasteiger partial charge in [-0.15, -0.1) is 0 Å². The van der Waals surface area contributed by atoms with Crippen molar-refractivity contribution in [3.8, 4) is 5.75 Å². The molecule has 0 bridgehead atoms. The first-order chi connectivity index (χ1) is 8.58. The quantitative estimate of drug-likeness (QED) is 0.640. The molecule has 0 spiro atoms. The van der Waals surface area contributed by atoms with Crippen LogP contribution in [-0.2, 0) is 9.59 Å². The van der Waals surface area contributed by atoms with E-state index in [0.29, 0.717) is 31.7 Å². The van der Waals surface area contributed by atoms with Gasteiger partial charge in [0.2, 0.25) is 11.8 Å². The van der Waals surface area contributed by atoms with Crippen LogP contribution < -0.4 is 10.5 Å². The second-order valence-electron chi connectivity index (χ2n) is 4.31. The van der Waals surface area contributed by atoms with Crippen LogP contribution in [0.1, 0.15) is 18.4 Å². The van der Waals surface area contributed by atoms with E-state index in [9.17, 15) is 9.59 Å². The summed E-state index contributed by atoms with van der Waals surface area (Å²) in [5, 5.41) is 0. The molecule has 96 valence electrons. The van der Waals surface area contributed by atoms with Crippen LogP contribution in [-0.4, -0.2) is 29.9 Å². The number of carbonyl (C=O) groups is 2. The van der Waals surface area contributed by atoms with Crippen molar-refractivity contribution in [3.63, 3.8) is 0 Å². The van der Waals surface area contributed by atoms with Crippen LogP contribution in [0.25, 0.3) is 0 Å². The molecule has 2 amide bonds. The number of rotatable bonds is 4. The molecule has 2 N–H and O–H groups in total. The molecule has 1 aliphatic rings. The van der Waals surface area contributed by atoms with Gasteiger partial charge in [-0.05, 0) is 30.7 Å². The Bertz CT molecular complexity index is 469. The number of amides is 2. The Hall–Kier alpha value is -2.04. The van der Waals surface area contributed by atoms with Crippen LogP contribution in [0.4, 0.5) is 5.69 Å². The average molecular weight is 248 g/mol. The SMILES string of the molecule is Cc1cc(N)ccc1OCCN1C(=O)CCC1=O. The zero-order chi connectivity index (χ0) is 13.1. The second kappa shape index (κ2) is 5.08. The molecule has 2 rings (SSSR count). The Morgan fingerprint density at radius 3 is 2.56 bits per heavy atom. The number of anilines is 1. The van der Waals surface area contributed by atoms with Crippen molar-refractivity contribution in [3.05, 3.63) is 23.8 Å². The molecule has 0 unspecified atom stereocenters. The van der Waals surface area contributed by atoms with Crippen molar-refractivity contribution >= 4 is 17.5 Å². The van der Waals surface area contributed by atoms with E-state index in [1.165, 1.54) is 4.90 Å². The Morgan fingerprint density at radius 2 is 1.94 bits per heavy atom. The first kappa shape index (κ1) is 12.4. The fraction of sp³-hybridized carbons (Fsp3) is 0.385. The van der Waals surface area contributed by atoms with Gasteiger partial charge >= 0.3 is 0 Å². The molecule has 0 saturated carbocycles. The fourth-order valence-electron chi connectivity index (χ4n) is 1.95. The molecule has 1 saturated heterocycles. The lowest BCUT2D eigenvalue weighted by Crippen LogP contribution is -2.33. The lowest BCUT2D eigenvalue weighted by molar-refractivity contribution is -0.138. The maximum absolute atomic E-state index is 11.4. The van der Waals surface area contributed by atoms with Crippen molar-refractivity contribution in [1.29, 1.82) is 0 Å². The average Bonchev–Trinajstić information content (AvgIpc) is 2.63. The Balaban J connectivity index is 1.88. The first-order valence-corrected chi connectivity index (χ1v) is 5.90. The topological polar surface area (TPSA) is 72.6 Å². The van der Waals surface area contributed by atoms with Gasteiger partial charge in [0, 0.05) is 18.5 Å². The van der Waals surface area contributed by atoms with Gasteiger partial charge < -0.3 is 10.5 Å². The third-order valence-corrected chi connectivity index (χ3v) is 2.93. The minimum Gasteiger partial charge on any atom is -0.491 e. The molecule has 1 heterocycles. The summed E-state index contributed by atoms with van der Waals surface area (Å²) < 4.78 is 5.55. The fourth-order valence-corrected chi connectivity index (χ4v) is 1.95. The summed E-state index contributed by atoms with van der Waals surface area (Å²) in [6, 6.07) is 5.37. The lowest BCUT2D eigenvalue weighted by Gasteiger charge is -2.15. The van der Waals surface area contributed by atoms with Gasteiger partial charge in [-0.25, -0.2) is 0 Å². The van der Waals surface area contributed by atoms with E-state index in [1.54, 1.807) is 12.1 Å². The van der Waals surface area contributed by atoms with Gasteiger partial charge in [0.1, 0.15) is 12.4 Å². The van der Waals surface area contributed by atoms with Gasteiger partial charge in [0.05, 0.1) is 6.54 Å². The number of likely N-dealkylation sites (tertiary alicyclic amines) is 1. The van der Waals surface area contributed by atoms with Crippen LogP contribution in [0.2, 0.25) is 0 Å². The van der Waals surface area contributed by atoms with Gasteiger partial charge in [0.15, 0.2) is 0 Å². The molecule has 0 aliphatic carbocycles. The maximum Gasteiger partial charge on any atom is 0.229 e. The van der Waals surface area contributed by atoms with Crippen molar-refractivity contribution in [2.75, 3.05) is 18.9 Å². The number of benzene rings is 1. The number of nitrogens with zero attached hydrogens (tertiary/aromatic N) is 1. The summed E-state index contributed by atoms with van der Waals surface area (Å²) in [5.41, 5.74) is 7.26. The number of imide groups is 1. The molecule has 0 radical (unpaired) electrons. The normalized spacial score (nSPS) is 15.3. The second-order valence-corrected chi connectivity index (χ2v) is 4.31. The summed E-state index contributed by atoms with van der Waals surface area (Å²) in [7, 11) is 0. The Labute approximate surface area is 106 Å². The highest BCUT2D eigenvalue weighted by atomic mass is 16.5. The molecule has 0 aromatic heterocycles. The van der Waals surface area contributed by atoms with Crippen LogP contribution >= 0.6 is 0 Å². The van der Waals surface area contributed by atoms with Gasteiger partial charge in [-0.3, -0.25) is 14.5 Å². The van der Waals surface area contributed by atoms with E-state index in [2.05, 4.69) is 0 Å². The smallest absolute Gasteiger partial charge is 0.229 e. The van der Waals surface area contributed by atoms with E-state index in [-0.39, 0.29) is 11.8 Å². The number of hydrogen-bond donors (Lipinski definition) is 1. The van der Waals surface area contributed by atoms with Gasteiger partial charge in [-0.2, -0.15) is 0 Å². The highest BCUT2D eigenvalue weighted by molar-refractivity contribution is 6.01. The molecule has 5 nitrogen and oxygen atoms in total. The monoisotopic (exact) mass is 248 g/mol. The van der Waals surface area contributed by atoms with E-state index in [1.807, 2.05) is 13.0 Å². The van der Waals surface area contributed by atoms with E-state index >= 15 is 0 Å². The summed E-state index contributed by atoms with van der Waals surface area (Å²) in [4.78, 5) is 24.0. The zero-order valence-electron chi connectivity index (χ0n) is 10.3. The summed E-state index contributed by atoms with van der Waals surface area (Å²) in [5.74, 6) is 0.499. The zero-order valence-corrected chi connectivity index (χ0v) is 10.3. The van der Waals surface area contributed by atoms with Crippen LogP contribution in [0.15, 0.2) is 18.2 Å². The number of carbonyl (C=O) groups excluding carboxylic acids is 2. The summed E-state index contributed by atoms with van der Waals surface area (Å²) in [6.45, 7) is 2.52. The van der Waals surface area contributed by atoms with Gasteiger partial charge in [-0.1, -0.05) is 0 Å². The number of aryl methyl sites for hydroxylation is 1. The highest BCUT2D eigenvalue weighted by Crippen LogP contribution is 2.20. The van der Waals surface area contributed by atoms with Crippen LogP contribution in [0.5, 0.6) is 5.75 Å². The summed E-state index contributed by atoms with van der Waals surface area (Å²) in [6.07, 6.45) is 0.638. The van der Waals surface area contributed by atoms with Crippen LogP contribution in [0.3, 0.4) is 0 Å². The molecule has 1 fully saturated rings. The predicted octanol–water partition coefficient (Wildman–Crippen LogP) is 1.11. The molecule has 0 atom stereocenters. The van der Waals surface area contributed by atoms with Crippen molar-refractivity contribution < 1.29 is 14.3 Å². The minimum atomic E-state index is -0.113. The Morgan fingerprint density at radius 1 is 1.28 bits per heavy atom.